The number of carbonyl (C=O) groups is 2. The van der Waals surface area contributed by atoms with E-state index in [4.69, 9.17) is 4.74 Å². The molecule has 5 nitrogen and oxygen atoms in total. The van der Waals surface area contributed by atoms with Gasteiger partial charge in [-0.2, -0.15) is 0 Å². The van der Waals surface area contributed by atoms with E-state index in [0.29, 0.717) is 5.56 Å². The maximum absolute atomic E-state index is 11.6. The van der Waals surface area contributed by atoms with E-state index in [1.807, 2.05) is 0 Å². The van der Waals surface area contributed by atoms with Crippen molar-refractivity contribution in [3.8, 4) is 0 Å². The van der Waals surface area contributed by atoms with Gasteiger partial charge in [0.2, 0.25) is 6.10 Å². The van der Waals surface area contributed by atoms with Crippen LogP contribution in [0.4, 0.5) is 0 Å². The lowest BCUT2D eigenvalue weighted by molar-refractivity contribution is -0.145. The zero-order valence-electron chi connectivity index (χ0n) is 8.33. The van der Waals surface area contributed by atoms with Crippen LogP contribution < -0.4 is 0 Å². The number of ether oxygens (including phenoxy) is 2. The van der Waals surface area contributed by atoms with E-state index in [0.717, 1.165) is 0 Å². The Hall–Kier alpha value is -1.88. The highest BCUT2D eigenvalue weighted by molar-refractivity contribution is 5.91. The van der Waals surface area contributed by atoms with Gasteiger partial charge in [0.25, 0.3) is 0 Å². The predicted octanol–water partition coefficient (Wildman–Crippen LogP) is 0.130. The number of carbonyl (C=O) groups excluding carboxylic acids is 2. The van der Waals surface area contributed by atoms with E-state index in [9.17, 15) is 14.7 Å². The molecule has 0 radical (unpaired) electrons. The Bertz CT molecular complexity index is 400. The molecule has 1 unspecified atom stereocenters. The molecule has 1 saturated heterocycles. The summed E-state index contributed by atoms with van der Waals surface area (Å²) >= 11 is 0. The van der Waals surface area contributed by atoms with E-state index in [1.54, 1.807) is 30.3 Å². The van der Waals surface area contributed by atoms with Gasteiger partial charge in [-0.25, -0.2) is 9.59 Å². The average molecular weight is 222 g/mol. The number of hydrogen-bond donors (Lipinski definition) is 1. The Labute approximate surface area is 91.6 Å². The van der Waals surface area contributed by atoms with Crippen molar-refractivity contribution >= 4 is 11.9 Å². The Kier molecular flexibility index (Phi) is 2.87. The zero-order chi connectivity index (χ0) is 11.5. The zero-order valence-corrected chi connectivity index (χ0v) is 8.33. The van der Waals surface area contributed by atoms with E-state index in [1.165, 1.54) is 0 Å². The summed E-state index contributed by atoms with van der Waals surface area (Å²) in [5.41, 5.74) is 0.328. The van der Waals surface area contributed by atoms with Crippen LogP contribution in [-0.2, 0) is 14.3 Å². The quantitative estimate of drug-likeness (QED) is 0.720. The van der Waals surface area contributed by atoms with Gasteiger partial charge in [-0.3, -0.25) is 0 Å². The average Bonchev–Trinajstić information content (AvgIpc) is 2.62. The smallest absolute Gasteiger partial charge is 0.350 e. The predicted molar refractivity (Wildman–Crippen MR) is 52.6 cm³/mol. The highest BCUT2D eigenvalue weighted by atomic mass is 16.6. The van der Waals surface area contributed by atoms with E-state index >= 15 is 0 Å². The van der Waals surface area contributed by atoms with Crippen LogP contribution in [0.3, 0.4) is 0 Å². The third-order valence-corrected chi connectivity index (χ3v) is 2.22. The lowest BCUT2D eigenvalue weighted by Gasteiger charge is -2.11. The fourth-order valence-corrected chi connectivity index (χ4v) is 1.38. The van der Waals surface area contributed by atoms with Gasteiger partial charge in [0.1, 0.15) is 12.7 Å². The summed E-state index contributed by atoms with van der Waals surface area (Å²) < 4.78 is 9.41. The van der Waals surface area contributed by atoms with E-state index in [-0.39, 0.29) is 6.61 Å². The van der Waals surface area contributed by atoms with Gasteiger partial charge in [0, 0.05) is 0 Å². The first kappa shape index (κ1) is 10.6. The van der Waals surface area contributed by atoms with Crippen molar-refractivity contribution in [3.05, 3.63) is 35.9 Å². The molecule has 84 valence electrons. The molecule has 0 spiro atoms. The monoisotopic (exact) mass is 222 g/mol. The van der Waals surface area contributed by atoms with Crippen LogP contribution in [0.2, 0.25) is 0 Å². The van der Waals surface area contributed by atoms with Crippen LogP contribution in [0.15, 0.2) is 30.3 Å². The van der Waals surface area contributed by atoms with Crippen molar-refractivity contribution < 1.29 is 24.2 Å². The van der Waals surface area contributed by atoms with Crippen LogP contribution in [0.5, 0.6) is 0 Å². The standard InChI is InChI=1S/C11H10O5/c12-8-6-15-11(14)9(8)16-10(13)7-4-2-1-3-5-7/h1-5,8-9,12H,6H2/t8-,9?/m1/s1. The summed E-state index contributed by atoms with van der Waals surface area (Å²) in [6.07, 6.45) is -2.30. The summed E-state index contributed by atoms with van der Waals surface area (Å²) in [6, 6.07) is 8.25. The van der Waals surface area contributed by atoms with Crippen LogP contribution >= 0.6 is 0 Å². The SMILES string of the molecule is O=C(OC1C(=O)OC[C@H]1O)c1ccccc1. The van der Waals surface area contributed by atoms with Gasteiger partial charge in [0.15, 0.2) is 0 Å². The second-order valence-corrected chi connectivity index (χ2v) is 3.39. The molecule has 1 aliphatic heterocycles. The molecule has 0 aromatic heterocycles. The highest BCUT2D eigenvalue weighted by Gasteiger charge is 2.39. The number of cyclic esters (lactones) is 1. The number of aliphatic hydroxyl groups is 1. The Morgan fingerprint density at radius 2 is 2.06 bits per heavy atom. The minimum Gasteiger partial charge on any atom is -0.460 e. The Morgan fingerprint density at radius 1 is 1.38 bits per heavy atom. The second kappa shape index (κ2) is 4.32. The largest absolute Gasteiger partial charge is 0.460 e. The fourth-order valence-electron chi connectivity index (χ4n) is 1.38. The third-order valence-electron chi connectivity index (χ3n) is 2.22. The Morgan fingerprint density at radius 3 is 2.62 bits per heavy atom. The first-order valence-corrected chi connectivity index (χ1v) is 4.79. The molecule has 1 aromatic rings. The first-order chi connectivity index (χ1) is 7.68. The molecule has 0 amide bonds. The van der Waals surface area contributed by atoms with Crippen LogP contribution in [0, 0.1) is 0 Å². The number of hydrogen-bond acceptors (Lipinski definition) is 5. The molecular weight excluding hydrogens is 212 g/mol. The molecule has 5 heteroatoms. The van der Waals surface area contributed by atoms with Gasteiger partial charge in [-0.1, -0.05) is 18.2 Å². The van der Waals surface area contributed by atoms with Crippen molar-refractivity contribution in [1.29, 1.82) is 0 Å². The molecule has 0 saturated carbocycles. The van der Waals surface area contributed by atoms with Crippen molar-refractivity contribution in [2.75, 3.05) is 6.61 Å². The van der Waals surface area contributed by atoms with Gasteiger partial charge in [-0.05, 0) is 12.1 Å². The molecule has 16 heavy (non-hydrogen) atoms. The van der Waals surface area contributed by atoms with E-state index in [2.05, 4.69) is 4.74 Å². The fraction of sp³-hybridized carbons (Fsp3) is 0.273. The molecular formula is C11H10O5. The summed E-state index contributed by atoms with van der Waals surface area (Å²) in [6.45, 7) is -0.133. The lowest BCUT2D eigenvalue weighted by atomic mass is 10.2. The maximum Gasteiger partial charge on any atom is 0.350 e. The van der Waals surface area contributed by atoms with Crippen molar-refractivity contribution in [1.82, 2.24) is 0 Å². The van der Waals surface area contributed by atoms with Crippen molar-refractivity contribution in [2.24, 2.45) is 0 Å². The van der Waals surface area contributed by atoms with Crippen LogP contribution in [-0.4, -0.2) is 35.9 Å². The summed E-state index contributed by atoms with van der Waals surface area (Å²) in [7, 11) is 0. The summed E-state index contributed by atoms with van der Waals surface area (Å²) in [4.78, 5) is 22.6. The maximum atomic E-state index is 11.6. The molecule has 2 atom stereocenters. The van der Waals surface area contributed by atoms with Crippen LogP contribution in [0.25, 0.3) is 0 Å². The first-order valence-electron chi connectivity index (χ1n) is 4.79. The van der Waals surface area contributed by atoms with Crippen molar-refractivity contribution in [3.63, 3.8) is 0 Å². The number of esters is 2. The summed E-state index contributed by atoms with van der Waals surface area (Å²) in [5, 5.41) is 9.33. The molecule has 1 heterocycles. The van der Waals surface area contributed by atoms with E-state index < -0.39 is 24.1 Å². The lowest BCUT2D eigenvalue weighted by Crippen LogP contribution is -2.32. The second-order valence-electron chi connectivity index (χ2n) is 3.39. The van der Waals surface area contributed by atoms with Gasteiger partial charge >= 0.3 is 11.9 Å². The molecule has 1 fully saturated rings. The number of rotatable bonds is 2. The highest BCUT2D eigenvalue weighted by Crippen LogP contribution is 2.13. The van der Waals surface area contributed by atoms with Crippen LogP contribution in [0.1, 0.15) is 10.4 Å². The minimum atomic E-state index is -1.22. The minimum absolute atomic E-state index is 0.133. The van der Waals surface area contributed by atoms with Gasteiger partial charge < -0.3 is 14.6 Å². The third kappa shape index (κ3) is 2.04. The molecule has 0 aliphatic carbocycles. The van der Waals surface area contributed by atoms with Gasteiger partial charge in [0.05, 0.1) is 5.56 Å². The topological polar surface area (TPSA) is 72.8 Å². The summed E-state index contributed by atoms with van der Waals surface area (Å²) in [5.74, 6) is -1.36. The Balaban J connectivity index is 2.05. The number of aliphatic hydroxyl groups excluding tert-OH is 1. The van der Waals surface area contributed by atoms with Crippen molar-refractivity contribution in [2.45, 2.75) is 12.2 Å². The number of benzene rings is 1. The molecule has 2 rings (SSSR count). The molecule has 1 N–H and O–H groups in total. The molecule has 0 bridgehead atoms. The molecule has 1 aromatic carbocycles. The van der Waals surface area contributed by atoms with Gasteiger partial charge in [-0.15, -0.1) is 0 Å². The molecule has 1 aliphatic rings. The normalized spacial score (nSPS) is 23.9.